The Balaban J connectivity index is 2.32. The van der Waals surface area contributed by atoms with Gasteiger partial charge >= 0.3 is 12.3 Å². The first-order valence-electron chi connectivity index (χ1n) is 6.43. The molecule has 9 heteroatoms. The maximum Gasteiger partial charge on any atom is 0.445 e. The van der Waals surface area contributed by atoms with Gasteiger partial charge in [0.2, 0.25) is 0 Å². The zero-order valence-electron chi connectivity index (χ0n) is 11.2. The van der Waals surface area contributed by atoms with Gasteiger partial charge in [-0.05, 0) is 18.8 Å². The normalized spacial score (nSPS) is 23.3. The summed E-state index contributed by atoms with van der Waals surface area (Å²) < 4.78 is 85.6. The summed E-state index contributed by atoms with van der Waals surface area (Å²) in [6.07, 6.45) is -5.84. The van der Waals surface area contributed by atoms with E-state index >= 15 is 0 Å². The Kier molecular flexibility index (Phi) is 3.25. The van der Waals surface area contributed by atoms with Crippen LogP contribution >= 0.6 is 0 Å². The van der Waals surface area contributed by atoms with E-state index in [-0.39, 0.29) is 12.0 Å². The number of cyclic esters (lactones) is 1. The van der Waals surface area contributed by atoms with Crippen LogP contribution in [0.1, 0.15) is 18.4 Å². The van der Waals surface area contributed by atoms with Crippen molar-refractivity contribution in [2.75, 3.05) is 5.32 Å². The highest BCUT2D eigenvalue weighted by molar-refractivity contribution is 5.89. The molecular formula is C14H7F6NO2. The van der Waals surface area contributed by atoms with Crippen molar-refractivity contribution in [3.8, 4) is 11.8 Å². The molecule has 0 unspecified atom stereocenters. The third-order valence-electron chi connectivity index (χ3n) is 3.43. The number of benzene rings is 1. The average Bonchev–Trinajstić information content (AvgIpc) is 3.24. The van der Waals surface area contributed by atoms with Crippen LogP contribution in [0.3, 0.4) is 0 Å². The van der Waals surface area contributed by atoms with Crippen LogP contribution < -0.4 is 5.32 Å². The third kappa shape index (κ3) is 2.38. The van der Waals surface area contributed by atoms with Crippen molar-refractivity contribution in [1.29, 1.82) is 0 Å². The molecule has 0 bridgehead atoms. The fraction of sp³-hybridized carbons (Fsp3) is 0.357. The fourth-order valence-corrected chi connectivity index (χ4v) is 2.15. The lowest BCUT2D eigenvalue weighted by Crippen LogP contribution is -2.50. The number of ether oxygens (including phenoxy) is 1. The van der Waals surface area contributed by atoms with Gasteiger partial charge in [-0.1, -0.05) is 5.92 Å². The quantitative estimate of drug-likeness (QED) is 0.444. The number of hydrogen-bond acceptors (Lipinski definition) is 2. The Morgan fingerprint density at radius 2 is 1.87 bits per heavy atom. The van der Waals surface area contributed by atoms with Crippen LogP contribution in [-0.4, -0.2) is 12.3 Å². The van der Waals surface area contributed by atoms with Crippen molar-refractivity contribution >= 4 is 11.8 Å². The summed E-state index contributed by atoms with van der Waals surface area (Å²) in [7, 11) is 0. The van der Waals surface area contributed by atoms with Crippen LogP contribution in [0.5, 0.6) is 0 Å². The van der Waals surface area contributed by atoms with E-state index in [2.05, 4.69) is 10.7 Å². The number of halogens is 6. The number of nitrogens with one attached hydrogen (secondary N) is 1. The second kappa shape index (κ2) is 4.81. The molecule has 1 aliphatic heterocycles. The number of hydrogen-bond donors (Lipinski definition) is 1. The Morgan fingerprint density at radius 1 is 1.22 bits per heavy atom. The van der Waals surface area contributed by atoms with Gasteiger partial charge in [-0.15, -0.1) is 0 Å². The molecule has 1 aromatic carbocycles. The molecule has 0 radical (unpaired) electrons. The number of alkyl halides is 3. The molecule has 1 saturated carbocycles. The monoisotopic (exact) mass is 335 g/mol. The highest BCUT2D eigenvalue weighted by Gasteiger charge is 2.63. The average molecular weight is 335 g/mol. The first-order chi connectivity index (χ1) is 10.7. The van der Waals surface area contributed by atoms with Gasteiger partial charge in [-0.3, -0.25) is 5.32 Å². The second-order valence-electron chi connectivity index (χ2n) is 5.15. The van der Waals surface area contributed by atoms with E-state index in [1.54, 1.807) is 11.2 Å². The molecule has 0 aromatic heterocycles. The van der Waals surface area contributed by atoms with Gasteiger partial charge in [-0.25, -0.2) is 18.0 Å². The molecule has 2 aliphatic rings. The maximum absolute atomic E-state index is 14.0. The van der Waals surface area contributed by atoms with E-state index in [0.29, 0.717) is 12.8 Å². The molecule has 1 N–H and O–H groups in total. The molecule has 1 heterocycles. The minimum absolute atomic E-state index is 0.257. The molecule has 3 nitrogen and oxygen atoms in total. The first kappa shape index (κ1) is 15.5. The lowest BCUT2D eigenvalue weighted by molar-refractivity contribution is -0.240. The third-order valence-corrected chi connectivity index (χ3v) is 3.43. The number of anilines is 1. The molecule has 1 aliphatic carbocycles. The highest BCUT2D eigenvalue weighted by atomic mass is 19.4. The van der Waals surface area contributed by atoms with Crippen LogP contribution in [0, 0.1) is 35.2 Å². The van der Waals surface area contributed by atoms with Gasteiger partial charge in [0.15, 0.2) is 17.5 Å². The summed E-state index contributed by atoms with van der Waals surface area (Å²) in [5.41, 5.74) is -5.96. The van der Waals surface area contributed by atoms with Crippen molar-refractivity contribution in [2.45, 2.75) is 24.6 Å². The number of carbonyl (C=O) groups is 1. The van der Waals surface area contributed by atoms with E-state index in [9.17, 15) is 31.1 Å². The predicted molar refractivity (Wildman–Crippen MR) is 64.7 cm³/mol. The summed E-state index contributed by atoms with van der Waals surface area (Å²) in [6, 6.07) is 0.257. The summed E-state index contributed by atoms with van der Waals surface area (Å²) in [6.45, 7) is 0. The predicted octanol–water partition coefficient (Wildman–Crippen LogP) is 3.84. The molecule has 1 amide bonds. The minimum Gasteiger partial charge on any atom is -0.415 e. The molecule has 0 saturated heterocycles. The van der Waals surface area contributed by atoms with E-state index in [0.717, 1.165) is 0 Å². The Morgan fingerprint density at radius 3 is 2.43 bits per heavy atom. The largest absolute Gasteiger partial charge is 0.445 e. The Labute approximate surface area is 125 Å². The number of carbonyl (C=O) groups excluding carboxylic acids is 1. The molecule has 1 atom stereocenters. The summed E-state index contributed by atoms with van der Waals surface area (Å²) in [5, 5.41) is 1.72. The molecule has 0 spiro atoms. The smallest absolute Gasteiger partial charge is 0.415 e. The molecule has 1 aromatic rings. The molecular weight excluding hydrogens is 328 g/mol. The summed E-state index contributed by atoms with van der Waals surface area (Å²) >= 11 is 0. The standard InChI is InChI=1S/C14H7F6NO2/c15-7-5-8-9(11(17)10(7)16)13(14(18,19)20,23-12(22)21-8)4-3-6-1-2-6/h5-6H,1-2H2,(H,21,22)/t13-/m0/s1. The van der Waals surface area contributed by atoms with Crippen LogP contribution in [-0.2, 0) is 10.3 Å². The SMILES string of the molecule is O=C1Nc2cc(F)c(F)c(F)c2[C@@](C#CC2CC2)(C(F)(F)F)O1. The van der Waals surface area contributed by atoms with Gasteiger partial charge in [0.1, 0.15) is 0 Å². The van der Waals surface area contributed by atoms with E-state index < -0.39 is 46.6 Å². The van der Waals surface area contributed by atoms with Gasteiger partial charge in [0, 0.05) is 12.0 Å². The van der Waals surface area contributed by atoms with Gasteiger partial charge in [-0.2, -0.15) is 13.2 Å². The van der Waals surface area contributed by atoms with E-state index in [1.807, 2.05) is 0 Å². The molecule has 3 rings (SSSR count). The lowest BCUT2D eigenvalue weighted by Gasteiger charge is -2.35. The zero-order valence-corrected chi connectivity index (χ0v) is 11.2. The van der Waals surface area contributed by atoms with E-state index in [1.165, 1.54) is 0 Å². The molecule has 122 valence electrons. The minimum atomic E-state index is -5.35. The van der Waals surface area contributed by atoms with Crippen molar-refractivity contribution in [3.63, 3.8) is 0 Å². The number of amides is 1. The second-order valence-corrected chi connectivity index (χ2v) is 5.15. The van der Waals surface area contributed by atoms with Gasteiger partial charge in [0.25, 0.3) is 5.60 Å². The Bertz CT molecular complexity index is 759. The van der Waals surface area contributed by atoms with Crippen molar-refractivity contribution < 1.29 is 35.9 Å². The molecule has 1 fully saturated rings. The Hall–Kier alpha value is -2.37. The van der Waals surface area contributed by atoms with Crippen molar-refractivity contribution in [3.05, 3.63) is 29.1 Å². The van der Waals surface area contributed by atoms with Crippen LogP contribution in [0.25, 0.3) is 0 Å². The van der Waals surface area contributed by atoms with E-state index in [4.69, 9.17) is 0 Å². The van der Waals surface area contributed by atoms with Crippen LogP contribution in [0.15, 0.2) is 6.07 Å². The summed E-state index contributed by atoms with van der Waals surface area (Å²) in [4.78, 5) is 11.4. The molecule has 23 heavy (non-hydrogen) atoms. The van der Waals surface area contributed by atoms with Crippen LogP contribution in [0.2, 0.25) is 0 Å². The van der Waals surface area contributed by atoms with Gasteiger partial charge in [0.05, 0.1) is 11.3 Å². The maximum atomic E-state index is 14.0. The fourth-order valence-electron chi connectivity index (χ4n) is 2.15. The topological polar surface area (TPSA) is 38.3 Å². The van der Waals surface area contributed by atoms with Gasteiger partial charge < -0.3 is 4.74 Å². The number of rotatable bonds is 0. The number of fused-ring (bicyclic) bond motifs is 1. The van der Waals surface area contributed by atoms with Crippen molar-refractivity contribution in [1.82, 2.24) is 0 Å². The zero-order chi connectivity index (χ0) is 17.0. The summed E-state index contributed by atoms with van der Waals surface area (Å²) in [5.74, 6) is -2.33. The van der Waals surface area contributed by atoms with Crippen molar-refractivity contribution in [2.24, 2.45) is 5.92 Å². The lowest BCUT2D eigenvalue weighted by atomic mass is 9.89. The first-order valence-corrected chi connectivity index (χ1v) is 6.43. The highest BCUT2D eigenvalue weighted by Crippen LogP contribution is 2.49. The van der Waals surface area contributed by atoms with Crippen LogP contribution in [0.4, 0.5) is 36.8 Å².